The summed E-state index contributed by atoms with van der Waals surface area (Å²) in [6.07, 6.45) is -0.861. The third-order valence-electron chi connectivity index (χ3n) is 4.46. The normalized spacial score (nSPS) is 14.5. The van der Waals surface area contributed by atoms with Gasteiger partial charge in [-0.2, -0.15) is 0 Å². The number of hydrogen-bond acceptors (Lipinski definition) is 5. The van der Waals surface area contributed by atoms with Crippen LogP contribution in [0.3, 0.4) is 0 Å². The summed E-state index contributed by atoms with van der Waals surface area (Å²) in [5.41, 5.74) is 6.54. The van der Waals surface area contributed by atoms with Crippen LogP contribution < -0.4 is 25.1 Å². The van der Waals surface area contributed by atoms with Crippen molar-refractivity contribution >= 4 is 11.8 Å². The average Bonchev–Trinajstić information content (AvgIpc) is 2.81. The first kappa shape index (κ1) is 19.3. The lowest BCUT2D eigenvalue weighted by atomic mass is 10.1. The van der Waals surface area contributed by atoms with Gasteiger partial charge in [-0.05, 0) is 23.8 Å². The maximum absolute atomic E-state index is 12.3. The molecular weight excluding hydrogens is 384 g/mol. The van der Waals surface area contributed by atoms with Crippen molar-refractivity contribution in [1.29, 1.82) is 0 Å². The molecule has 0 spiro atoms. The molecule has 0 radical (unpaired) electrons. The Labute approximate surface area is 173 Å². The van der Waals surface area contributed by atoms with Gasteiger partial charge in [0.1, 0.15) is 12.4 Å². The highest BCUT2D eigenvalue weighted by Gasteiger charge is 2.27. The van der Waals surface area contributed by atoms with Crippen molar-refractivity contribution in [3.8, 4) is 28.4 Å². The number of fused-ring (bicyclic) bond motifs is 1. The van der Waals surface area contributed by atoms with Crippen LogP contribution in [0, 0.1) is 0 Å². The maximum atomic E-state index is 12.3. The quantitative estimate of drug-likeness (QED) is 0.639. The molecule has 3 aromatic carbocycles. The van der Waals surface area contributed by atoms with Gasteiger partial charge < -0.3 is 14.2 Å². The number of hydrazine groups is 1. The van der Waals surface area contributed by atoms with Crippen molar-refractivity contribution in [2.24, 2.45) is 0 Å². The van der Waals surface area contributed by atoms with Gasteiger partial charge in [0.2, 0.25) is 6.10 Å². The first-order valence-electron chi connectivity index (χ1n) is 9.45. The van der Waals surface area contributed by atoms with Crippen LogP contribution in [0.5, 0.6) is 17.2 Å². The van der Waals surface area contributed by atoms with Crippen LogP contribution in [-0.4, -0.2) is 31.1 Å². The zero-order chi connectivity index (χ0) is 20.8. The number of amides is 2. The Kier molecular flexibility index (Phi) is 5.80. The number of benzene rings is 3. The van der Waals surface area contributed by atoms with E-state index < -0.39 is 17.9 Å². The van der Waals surface area contributed by atoms with Gasteiger partial charge in [-0.3, -0.25) is 20.4 Å². The summed E-state index contributed by atoms with van der Waals surface area (Å²) in [5, 5.41) is 0. The van der Waals surface area contributed by atoms with E-state index in [0.29, 0.717) is 17.2 Å². The lowest BCUT2D eigenvalue weighted by Crippen LogP contribution is -2.51. The summed E-state index contributed by atoms with van der Waals surface area (Å²) in [5.74, 6) is 0.629. The van der Waals surface area contributed by atoms with E-state index in [2.05, 4.69) is 10.9 Å². The molecule has 0 aliphatic carbocycles. The van der Waals surface area contributed by atoms with Crippen LogP contribution in [-0.2, 0) is 9.59 Å². The van der Waals surface area contributed by atoms with Gasteiger partial charge in [0.05, 0.1) is 0 Å². The van der Waals surface area contributed by atoms with Gasteiger partial charge in [-0.15, -0.1) is 0 Å². The van der Waals surface area contributed by atoms with Gasteiger partial charge in [-0.1, -0.05) is 60.7 Å². The molecule has 1 aliphatic heterocycles. The molecule has 2 N–H and O–H groups in total. The highest BCUT2D eigenvalue weighted by molar-refractivity contribution is 5.86. The molecule has 152 valence electrons. The minimum Gasteiger partial charge on any atom is -0.485 e. The number of rotatable bonds is 5. The number of carbonyl (C=O) groups excluding carboxylic acids is 2. The molecule has 1 aliphatic rings. The molecule has 2 amide bonds. The summed E-state index contributed by atoms with van der Waals surface area (Å²) in [7, 11) is 0. The third kappa shape index (κ3) is 4.52. The first-order valence-corrected chi connectivity index (χ1v) is 9.45. The molecule has 7 nitrogen and oxygen atoms in total. The monoisotopic (exact) mass is 404 g/mol. The molecule has 0 bridgehead atoms. The van der Waals surface area contributed by atoms with E-state index in [1.165, 1.54) is 0 Å². The smallest absolute Gasteiger partial charge is 0.283 e. The van der Waals surface area contributed by atoms with Crippen LogP contribution in [0.4, 0.5) is 0 Å². The van der Waals surface area contributed by atoms with E-state index in [1.54, 1.807) is 24.3 Å². The first-order chi connectivity index (χ1) is 14.7. The van der Waals surface area contributed by atoms with Gasteiger partial charge in [0.15, 0.2) is 18.1 Å². The fraction of sp³-hybridized carbons (Fsp3) is 0.130. The molecule has 3 aromatic rings. The second-order valence-corrected chi connectivity index (χ2v) is 6.55. The Morgan fingerprint density at radius 3 is 2.40 bits per heavy atom. The molecule has 1 heterocycles. The Balaban J connectivity index is 1.29. The van der Waals surface area contributed by atoms with E-state index in [-0.39, 0.29) is 13.2 Å². The van der Waals surface area contributed by atoms with Crippen LogP contribution >= 0.6 is 0 Å². The third-order valence-corrected chi connectivity index (χ3v) is 4.46. The van der Waals surface area contributed by atoms with E-state index >= 15 is 0 Å². The maximum Gasteiger partial charge on any atom is 0.283 e. The molecule has 0 fully saturated rings. The van der Waals surface area contributed by atoms with Crippen LogP contribution in [0.1, 0.15) is 0 Å². The van der Waals surface area contributed by atoms with Gasteiger partial charge in [0, 0.05) is 5.56 Å². The zero-order valence-electron chi connectivity index (χ0n) is 16.0. The Hall–Kier alpha value is -4.00. The number of nitrogens with one attached hydrogen (secondary N) is 2. The fourth-order valence-corrected chi connectivity index (χ4v) is 2.99. The van der Waals surface area contributed by atoms with Crippen LogP contribution in [0.25, 0.3) is 11.1 Å². The second-order valence-electron chi connectivity index (χ2n) is 6.55. The van der Waals surface area contributed by atoms with E-state index in [1.807, 2.05) is 54.6 Å². The standard InChI is InChI=1S/C23H20N2O5/c26-22(15-29-18-11-5-4-10-17(18)16-8-2-1-3-9-16)24-25-23(27)21-14-28-19-12-6-7-13-20(19)30-21/h1-13,21H,14-15H2,(H,24,26)(H,25,27)/t21-/m0/s1. The summed E-state index contributed by atoms with van der Waals surface area (Å²) in [6, 6.07) is 24.3. The topological polar surface area (TPSA) is 85.9 Å². The molecule has 0 aromatic heterocycles. The molecule has 0 saturated carbocycles. The molecule has 0 saturated heterocycles. The lowest BCUT2D eigenvalue weighted by molar-refractivity contribution is -0.135. The predicted molar refractivity (Wildman–Crippen MR) is 110 cm³/mol. The average molecular weight is 404 g/mol. The van der Waals surface area contributed by atoms with Crippen molar-refractivity contribution < 1.29 is 23.8 Å². The Morgan fingerprint density at radius 1 is 0.867 bits per heavy atom. The highest BCUT2D eigenvalue weighted by Crippen LogP contribution is 2.31. The predicted octanol–water partition coefficient (Wildman–Crippen LogP) is 2.72. The fourth-order valence-electron chi connectivity index (χ4n) is 2.99. The van der Waals surface area contributed by atoms with E-state index in [9.17, 15) is 9.59 Å². The largest absolute Gasteiger partial charge is 0.485 e. The number of carbonyl (C=O) groups is 2. The number of ether oxygens (including phenoxy) is 3. The zero-order valence-corrected chi connectivity index (χ0v) is 16.0. The second kappa shape index (κ2) is 9.00. The Bertz CT molecular complexity index is 1040. The van der Waals surface area contributed by atoms with Crippen molar-refractivity contribution in [3.63, 3.8) is 0 Å². The van der Waals surface area contributed by atoms with Crippen molar-refractivity contribution in [2.45, 2.75) is 6.10 Å². The van der Waals surface area contributed by atoms with Crippen LogP contribution in [0.2, 0.25) is 0 Å². The van der Waals surface area contributed by atoms with Crippen molar-refractivity contribution in [2.75, 3.05) is 13.2 Å². The highest BCUT2D eigenvalue weighted by atomic mass is 16.6. The van der Waals surface area contributed by atoms with E-state index in [0.717, 1.165) is 11.1 Å². The van der Waals surface area contributed by atoms with Crippen LogP contribution in [0.15, 0.2) is 78.9 Å². The molecule has 4 rings (SSSR count). The molecule has 0 unspecified atom stereocenters. The molecule has 7 heteroatoms. The van der Waals surface area contributed by atoms with Gasteiger partial charge in [0.25, 0.3) is 11.8 Å². The summed E-state index contributed by atoms with van der Waals surface area (Å²) in [6.45, 7) is -0.200. The minimum absolute atomic E-state index is 0.0552. The SMILES string of the molecule is O=C(COc1ccccc1-c1ccccc1)NNC(=O)[C@@H]1COc2ccccc2O1. The summed E-state index contributed by atoms with van der Waals surface area (Å²) >= 11 is 0. The summed E-state index contributed by atoms with van der Waals surface area (Å²) < 4.78 is 16.8. The molecule has 30 heavy (non-hydrogen) atoms. The molecular formula is C23H20N2O5. The minimum atomic E-state index is -0.861. The van der Waals surface area contributed by atoms with Gasteiger partial charge in [-0.25, -0.2) is 0 Å². The van der Waals surface area contributed by atoms with Crippen molar-refractivity contribution in [3.05, 3.63) is 78.9 Å². The van der Waals surface area contributed by atoms with Gasteiger partial charge >= 0.3 is 0 Å². The number of hydrogen-bond donors (Lipinski definition) is 2. The number of para-hydroxylation sites is 3. The lowest BCUT2D eigenvalue weighted by Gasteiger charge is -2.25. The summed E-state index contributed by atoms with van der Waals surface area (Å²) in [4.78, 5) is 24.4. The molecule has 1 atom stereocenters. The van der Waals surface area contributed by atoms with E-state index in [4.69, 9.17) is 14.2 Å². The Morgan fingerprint density at radius 2 is 1.57 bits per heavy atom. The van der Waals surface area contributed by atoms with Crippen molar-refractivity contribution in [1.82, 2.24) is 10.9 Å².